The molecule has 0 aromatic heterocycles. The zero-order chi connectivity index (χ0) is 14.6. The fourth-order valence-corrected chi connectivity index (χ4v) is 1.79. The van der Waals surface area contributed by atoms with Crippen LogP contribution in [0, 0.1) is 15.5 Å². The smallest absolute Gasteiger partial charge is 0.310 e. The molecule has 0 radical (unpaired) electrons. The third-order valence-electron chi connectivity index (χ3n) is 3.03. The SMILES string of the molecule is CC1(CNC(=O)COc2ccccc2[N+](=O)[O-])COC1. The Morgan fingerprint density at radius 3 is 2.80 bits per heavy atom. The molecule has 108 valence electrons. The normalized spacial score (nSPS) is 16.1. The summed E-state index contributed by atoms with van der Waals surface area (Å²) in [5.74, 6) is -0.220. The monoisotopic (exact) mass is 280 g/mol. The average molecular weight is 280 g/mol. The molecule has 1 aromatic rings. The van der Waals surface area contributed by atoms with E-state index in [1.807, 2.05) is 6.92 Å². The van der Waals surface area contributed by atoms with E-state index in [4.69, 9.17) is 9.47 Å². The molecule has 1 saturated heterocycles. The lowest BCUT2D eigenvalue weighted by Gasteiger charge is -2.37. The molecule has 20 heavy (non-hydrogen) atoms. The van der Waals surface area contributed by atoms with Crippen molar-refractivity contribution in [2.75, 3.05) is 26.4 Å². The van der Waals surface area contributed by atoms with Gasteiger partial charge in [0.15, 0.2) is 12.4 Å². The zero-order valence-corrected chi connectivity index (χ0v) is 11.1. The summed E-state index contributed by atoms with van der Waals surface area (Å²) in [7, 11) is 0. The van der Waals surface area contributed by atoms with Gasteiger partial charge in [0.05, 0.1) is 18.1 Å². The number of nitrogens with one attached hydrogen (secondary N) is 1. The fourth-order valence-electron chi connectivity index (χ4n) is 1.79. The minimum absolute atomic E-state index is 0.0194. The van der Waals surface area contributed by atoms with Crippen molar-refractivity contribution >= 4 is 11.6 Å². The second-order valence-electron chi connectivity index (χ2n) is 5.09. The highest BCUT2D eigenvalue weighted by atomic mass is 16.6. The summed E-state index contributed by atoms with van der Waals surface area (Å²) in [6.07, 6.45) is 0. The van der Waals surface area contributed by atoms with Crippen LogP contribution < -0.4 is 10.1 Å². The summed E-state index contributed by atoms with van der Waals surface area (Å²) in [6.45, 7) is 3.52. The van der Waals surface area contributed by atoms with Crippen LogP contribution in [0.15, 0.2) is 24.3 Å². The molecule has 0 bridgehead atoms. The maximum atomic E-state index is 11.6. The Kier molecular flexibility index (Phi) is 4.19. The number of benzene rings is 1. The predicted molar refractivity (Wildman–Crippen MR) is 70.5 cm³/mol. The first-order valence-corrected chi connectivity index (χ1v) is 6.21. The number of amides is 1. The third kappa shape index (κ3) is 3.45. The van der Waals surface area contributed by atoms with Crippen molar-refractivity contribution in [2.45, 2.75) is 6.92 Å². The second-order valence-corrected chi connectivity index (χ2v) is 5.09. The lowest BCUT2D eigenvalue weighted by Crippen LogP contribution is -2.49. The maximum Gasteiger partial charge on any atom is 0.310 e. The van der Waals surface area contributed by atoms with Gasteiger partial charge in [0, 0.05) is 18.0 Å². The Balaban J connectivity index is 1.82. The Morgan fingerprint density at radius 1 is 1.50 bits per heavy atom. The van der Waals surface area contributed by atoms with Gasteiger partial charge in [-0.1, -0.05) is 19.1 Å². The van der Waals surface area contributed by atoms with Crippen LogP contribution in [0.3, 0.4) is 0 Å². The number of nitrogens with zero attached hydrogens (tertiary/aromatic N) is 1. The lowest BCUT2D eigenvalue weighted by atomic mass is 9.89. The summed E-state index contributed by atoms with van der Waals surface area (Å²) in [5.41, 5.74) is -0.173. The Bertz CT molecular complexity index is 513. The summed E-state index contributed by atoms with van der Waals surface area (Å²) in [5, 5.41) is 13.5. The van der Waals surface area contributed by atoms with Gasteiger partial charge in [-0.25, -0.2) is 0 Å². The van der Waals surface area contributed by atoms with E-state index in [0.29, 0.717) is 19.8 Å². The third-order valence-corrected chi connectivity index (χ3v) is 3.03. The molecule has 7 heteroatoms. The van der Waals surface area contributed by atoms with Crippen molar-refractivity contribution in [2.24, 2.45) is 5.41 Å². The molecule has 7 nitrogen and oxygen atoms in total. The summed E-state index contributed by atoms with van der Waals surface area (Å²) < 4.78 is 10.3. The highest BCUT2D eigenvalue weighted by molar-refractivity contribution is 5.77. The molecule has 2 rings (SSSR count). The van der Waals surface area contributed by atoms with Crippen LogP contribution in [0.25, 0.3) is 0 Å². The molecular formula is C13H16N2O5. The number of carbonyl (C=O) groups is 1. The van der Waals surface area contributed by atoms with Crippen LogP contribution in [-0.2, 0) is 9.53 Å². The van der Waals surface area contributed by atoms with Crippen molar-refractivity contribution in [3.05, 3.63) is 34.4 Å². The molecule has 0 unspecified atom stereocenters. The predicted octanol–water partition coefficient (Wildman–Crippen LogP) is 1.13. The Labute approximate surface area is 116 Å². The molecule has 1 N–H and O–H groups in total. The number of rotatable bonds is 6. The number of hydrogen-bond donors (Lipinski definition) is 1. The molecule has 1 heterocycles. The van der Waals surface area contributed by atoms with E-state index in [1.165, 1.54) is 12.1 Å². The number of para-hydroxylation sites is 2. The maximum absolute atomic E-state index is 11.6. The fraction of sp³-hybridized carbons (Fsp3) is 0.462. The topological polar surface area (TPSA) is 90.7 Å². The van der Waals surface area contributed by atoms with E-state index < -0.39 is 4.92 Å². The van der Waals surface area contributed by atoms with Gasteiger partial charge in [0.25, 0.3) is 5.91 Å². The first kappa shape index (κ1) is 14.3. The van der Waals surface area contributed by atoms with Crippen molar-refractivity contribution in [3.63, 3.8) is 0 Å². The number of hydrogen-bond acceptors (Lipinski definition) is 5. The van der Waals surface area contributed by atoms with Crippen LogP contribution in [0.4, 0.5) is 5.69 Å². The van der Waals surface area contributed by atoms with E-state index in [1.54, 1.807) is 12.1 Å². The number of ether oxygens (including phenoxy) is 2. The van der Waals surface area contributed by atoms with Gasteiger partial charge >= 0.3 is 5.69 Å². The molecule has 1 aliphatic rings. The number of nitro benzene ring substituents is 1. The van der Waals surface area contributed by atoms with Crippen LogP contribution >= 0.6 is 0 Å². The van der Waals surface area contributed by atoms with Gasteiger partial charge in [-0.05, 0) is 6.07 Å². The highest BCUT2D eigenvalue weighted by Gasteiger charge is 2.33. The molecule has 0 aliphatic carbocycles. The van der Waals surface area contributed by atoms with Gasteiger partial charge in [0.2, 0.25) is 0 Å². The minimum atomic E-state index is -0.542. The first-order chi connectivity index (χ1) is 9.50. The number of carbonyl (C=O) groups excluding carboxylic acids is 1. The molecular weight excluding hydrogens is 264 g/mol. The van der Waals surface area contributed by atoms with Crippen molar-refractivity contribution in [3.8, 4) is 5.75 Å². The van der Waals surface area contributed by atoms with Crippen LogP contribution in [0.1, 0.15) is 6.92 Å². The average Bonchev–Trinajstić information content (AvgIpc) is 2.41. The van der Waals surface area contributed by atoms with Crippen LogP contribution in [0.5, 0.6) is 5.75 Å². The van der Waals surface area contributed by atoms with Gasteiger partial charge in [-0.2, -0.15) is 0 Å². The minimum Gasteiger partial charge on any atom is -0.477 e. The molecule has 1 fully saturated rings. The Hall–Kier alpha value is -2.15. The highest BCUT2D eigenvalue weighted by Crippen LogP contribution is 2.26. The van der Waals surface area contributed by atoms with E-state index in [9.17, 15) is 14.9 Å². The van der Waals surface area contributed by atoms with Gasteiger partial charge in [0.1, 0.15) is 0 Å². The summed E-state index contributed by atoms with van der Waals surface area (Å²) in [4.78, 5) is 21.9. The van der Waals surface area contributed by atoms with Crippen molar-refractivity contribution in [1.82, 2.24) is 5.32 Å². The molecule has 1 amide bonds. The summed E-state index contributed by atoms with van der Waals surface area (Å²) >= 11 is 0. The van der Waals surface area contributed by atoms with Crippen LogP contribution in [0.2, 0.25) is 0 Å². The lowest BCUT2D eigenvalue weighted by molar-refractivity contribution is -0.385. The van der Waals surface area contributed by atoms with Gasteiger partial charge in [-0.15, -0.1) is 0 Å². The Morgan fingerprint density at radius 2 is 2.20 bits per heavy atom. The second kappa shape index (κ2) is 5.87. The molecule has 1 aromatic carbocycles. The quantitative estimate of drug-likeness (QED) is 0.623. The number of nitro groups is 1. The largest absolute Gasteiger partial charge is 0.477 e. The molecule has 1 aliphatic heterocycles. The first-order valence-electron chi connectivity index (χ1n) is 6.21. The molecule has 0 atom stereocenters. The van der Waals surface area contributed by atoms with E-state index in [-0.39, 0.29) is 29.4 Å². The van der Waals surface area contributed by atoms with E-state index in [0.717, 1.165) is 0 Å². The standard InChI is InChI=1S/C13H16N2O5/c1-13(8-19-9-13)7-14-12(16)6-20-11-5-3-2-4-10(11)15(17)18/h2-5H,6-9H2,1H3,(H,14,16). The van der Waals surface area contributed by atoms with Gasteiger partial charge in [-0.3, -0.25) is 14.9 Å². The van der Waals surface area contributed by atoms with Crippen molar-refractivity contribution in [1.29, 1.82) is 0 Å². The van der Waals surface area contributed by atoms with Crippen molar-refractivity contribution < 1.29 is 19.2 Å². The molecule has 0 spiro atoms. The van der Waals surface area contributed by atoms with E-state index in [2.05, 4.69) is 5.32 Å². The molecule has 0 saturated carbocycles. The summed E-state index contributed by atoms with van der Waals surface area (Å²) in [6, 6.07) is 5.96. The zero-order valence-electron chi connectivity index (χ0n) is 11.1. The van der Waals surface area contributed by atoms with Crippen LogP contribution in [-0.4, -0.2) is 37.2 Å². The van der Waals surface area contributed by atoms with E-state index >= 15 is 0 Å². The van der Waals surface area contributed by atoms with Gasteiger partial charge < -0.3 is 14.8 Å².